The lowest BCUT2D eigenvalue weighted by molar-refractivity contribution is 0.122. The number of nitrogen functional groups attached to an aromatic ring is 2. The molecule has 4 N–H and O–H groups in total. The van der Waals surface area contributed by atoms with Crippen LogP contribution in [0.1, 0.15) is 16.7 Å². The van der Waals surface area contributed by atoms with Crippen molar-refractivity contribution in [3.63, 3.8) is 0 Å². The summed E-state index contributed by atoms with van der Waals surface area (Å²) in [5, 5.41) is 4.88. The Labute approximate surface area is 216 Å². The fourth-order valence-corrected chi connectivity index (χ4v) is 4.72. The average Bonchev–Trinajstić information content (AvgIpc) is 3.42. The Morgan fingerprint density at radius 2 is 1.81 bits per heavy atom. The molecule has 0 aliphatic carbocycles. The molecule has 0 bridgehead atoms. The number of nitrogens with two attached hydrogens (primary N) is 2. The molecule has 9 heteroatoms. The lowest BCUT2D eigenvalue weighted by Crippen LogP contribution is -2.37. The van der Waals surface area contributed by atoms with E-state index in [-0.39, 0.29) is 5.82 Å². The Kier molecular flexibility index (Phi) is 6.87. The molecule has 1 aliphatic heterocycles. The Bertz CT molecular complexity index is 1410. The molecule has 2 aromatic carbocycles. The number of hydrogen-bond acceptors (Lipinski definition) is 8. The summed E-state index contributed by atoms with van der Waals surface area (Å²) in [6, 6.07) is 16.0. The van der Waals surface area contributed by atoms with Crippen molar-refractivity contribution in [1.82, 2.24) is 14.8 Å². The van der Waals surface area contributed by atoms with Crippen LogP contribution in [0.2, 0.25) is 0 Å². The quantitative estimate of drug-likeness (QED) is 0.393. The molecule has 4 aromatic rings. The van der Waals surface area contributed by atoms with Crippen LogP contribution >= 0.6 is 0 Å². The van der Waals surface area contributed by atoms with E-state index >= 15 is 0 Å². The average molecular weight is 501 g/mol. The van der Waals surface area contributed by atoms with Crippen LogP contribution in [0.25, 0.3) is 17.1 Å². The van der Waals surface area contributed by atoms with Gasteiger partial charge in [-0.3, -0.25) is 0 Å². The molecule has 0 spiro atoms. The van der Waals surface area contributed by atoms with Gasteiger partial charge in [-0.1, -0.05) is 29.8 Å². The molecule has 3 heterocycles. The Balaban J connectivity index is 1.67. The maximum absolute atomic E-state index is 6.59. The summed E-state index contributed by atoms with van der Waals surface area (Å²) in [4.78, 5) is 6.96. The van der Waals surface area contributed by atoms with Crippen molar-refractivity contribution in [3.8, 4) is 28.6 Å². The SMILES string of the molecule is COc1ccc(Cc2c(-n3ccc(-c4cccc(C)c4)n3)nc(N)c(N)c2N2CCOCC2)c(OC)c1. The van der Waals surface area contributed by atoms with E-state index in [0.717, 1.165) is 39.6 Å². The lowest BCUT2D eigenvalue weighted by atomic mass is 10.0. The number of morpholine rings is 1. The van der Waals surface area contributed by atoms with Crippen LogP contribution in [0, 0.1) is 6.92 Å². The van der Waals surface area contributed by atoms with Crippen molar-refractivity contribution >= 4 is 17.2 Å². The van der Waals surface area contributed by atoms with E-state index in [9.17, 15) is 0 Å². The van der Waals surface area contributed by atoms with Crippen molar-refractivity contribution in [3.05, 3.63) is 71.4 Å². The number of anilines is 3. The van der Waals surface area contributed by atoms with E-state index in [2.05, 4.69) is 24.0 Å². The highest BCUT2D eigenvalue weighted by atomic mass is 16.5. The van der Waals surface area contributed by atoms with Crippen molar-refractivity contribution in [2.45, 2.75) is 13.3 Å². The van der Waals surface area contributed by atoms with Gasteiger partial charge >= 0.3 is 0 Å². The summed E-state index contributed by atoms with van der Waals surface area (Å²) in [5.41, 5.74) is 19.2. The molecule has 0 atom stereocenters. The first-order chi connectivity index (χ1) is 18.0. The van der Waals surface area contributed by atoms with E-state index < -0.39 is 0 Å². The van der Waals surface area contributed by atoms with E-state index in [4.69, 9.17) is 35.8 Å². The molecule has 2 aromatic heterocycles. The van der Waals surface area contributed by atoms with Gasteiger partial charge in [0.15, 0.2) is 11.6 Å². The molecule has 37 heavy (non-hydrogen) atoms. The molecule has 9 nitrogen and oxygen atoms in total. The lowest BCUT2D eigenvalue weighted by Gasteiger charge is -2.32. The topological polar surface area (TPSA) is 114 Å². The van der Waals surface area contributed by atoms with Crippen LogP contribution in [0.5, 0.6) is 11.5 Å². The van der Waals surface area contributed by atoms with Crippen LogP contribution in [-0.4, -0.2) is 55.3 Å². The smallest absolute Gasteiger partial charge is 0.161 e. The van der Waals surface area contributed by atoms with Gasteiger partial charge < -0.3 is 30.6 Å². The molecule has 192 valence electrons. The van der Waals surface area contributed by atoms with Crippen LogP contribution in [0.15, 0.2) is 54.7 Å². The molecule has 1 aliphatic rings. The van der Waals surface area contributed by atoms with Crippen LogP contribution in [0.3, 0.4) is 0 Å². The van der Waals surface area contributed by atoms with Crippen molar-refractivity contribution in [2.75, 3.05) is 56.9 Å². The fraction of sp³-hybridized carbons (Fsp3) is 0.286. The summed E-state index contributed by atoms with van der Waals surface area (Å²) in [7, 11) is 3.29. The van der Waals surface area contributed by atoms with Gasteiger partial charge in [-0.25, -0.2) is 9.67 Å². The maximum atomic E-state index is 6.59. The highest BCUT2D eigenvalue weighted by Gasteiger charge is 2.26. The zero-order valence-corrected chi connectivity index (χ0v) is 21.4. The zero-order chi connectivity index (χ0) is 25.9. The second-order valence-electron chi connectivity index (χ2n) is 9.03. The summed E-state index contributed by atoms with van der Waals surface area (Å²) in [6.45, 7) is 4.70. The molecule has 0 unspecified atom stereocenters. The van der Waals surface area contributed by atoms with Gasteiger partial charge in [0.2, 0.25) is 0 Å². The number of aromatic nitrogens is 3. The largest absolute Gasteiger partial charge is 0.497 e. The Morgan fingerprint density at radius 3 is 2.54 bits per heavy atom. The number of pyridine rings is 1. The molecule has 0 radical (unpaired) electrons. The summed E-state index contributed by atoms with van der Waals surface area (Å²) < 4.78 is 18.5. The van der Waals surface area contributed by atoms with Gasteiger partial charge in [-0.05, 0) is 30.7 Å². The van der Waals surface area contributed by atoms with Crippen LogP contribution in [0.4, 0.5) is 17.2 Å². The van der Waals surface area contributed by atoms with Gasteiger partial charge in [-0.2, -0.15) is 5.10 Å². The minimum atomic E-state index is 0.273. The minimum Gasteiger partial charge on any atom is -0.497 e. The number of methoxy groups -OCH3 is 2. The first-order valence-corrected chi connectivity index (χ1v) is 12.2. The molecule has 1 saturated heterocycles. The van der Waals surface area contributed by atoms with E-state index in [1.807, 2.05) is 42.6 Å². The Morgan fingerprint density at radius 1 is 1.00 bits per heavy atom. The normalized spacial score (nSPS) is 13.5. The van der Waals surface area contributed by atoms with Gasteiger partial charge in [-0.15, -0.1) is 0 Å². The van der Waals surface area contributed by atoms with Gasteiger partial charge in [0.25, 0.3) is 0 Å². The predicted octanol–water partition coefficient (Wildman–Crippen LogP) is 3.85. The Hall–Kier alpha value is -4.24. The summed E-state index contributed by atoms with van der Waals surface area (Å²) in [5.74, 6) is 2.34. The van der Waals surface area contributed by atoms with Crippen molar-refractivity contribution in [2.24, 2.45) is 0 Å². The first kappa shape index (κ1) is 24.5. The number of nitrogens with zero attached hydrogens (tertiary/aromatic N) is 4. The second kappa shape index (κ2) is 10.4. The second-order valence-corrected chi connectivity index (χ2v) is 9.03. The third kappa shape index (κ3) is 4.90. The number of hydrogen-bond donors (Lipinski definition) is 2. The zero-order valence-electron chi connectivity index (χ0n) is 21.4. The number of rotatable bonds is 7. The van der Waals surface area contributed by atoms with Crippen LogP contribution < -0.4 is 25.8 Å². The third-order valence-electron chi connectivity index (χ3n) is 6.62. The van der Waals surface area contributed by atoms with Crippen LogP contribution in [-0.2, 0) is 11.2 Å². The first-order valence-electron chi connectivity index (χ1n) is 12.2. The standard InChI is InChI=1S/C28H32N6O3/c1-18-5-4-6-19(15-18)23-9-10-34(32-23)28-22(16-20-7-8-21(35-2)17-24(20)36-3)26(25(29)27(30)31-28)33-11-13-37-14-12-33/h4-10,15,17H,11-14,16,29H2,1-3H3,(H2,30,31). The highest BCUT2D eigenvalue weighted by molar-refractivity contribution is 5.83. The predicted molar refractivity (Wildman–Crippen MR) is 146 cm³/mol. The van der Waals surface area contributed by atoms with E-state index in [1.165, 1.54) is 5.56 Å². The minimum absolute atomic E-state index is 0.273. The molecule has 0 amide bonds. The molecular weight excluding hydrogens is 468 g/mol. The van der Waals surface area contributed by atoms with E-state index in [0.29, 0.717) is 44.2 Å². The molecule has 1 fully saturated rings. The van der Waals surface area contributed by atoms with Crippen molar-refractivity contribution in [1.29, 1.82) is 0 Å². The molecule has 0 saturated carbocycles. The van der Waals surface area contributed by atoms with Gasteiger partial charge in [0, 0.05) is 42.9 Å². The molecular formula is C28H32N6O3. The van der Waals surface area contributed by atoms with Gasteiger partial charge in [0.1, 0.15) is 11.5 Å². The maximum Gasteiger partial charge on any atom is 0.161 e. The number of ether oxygens (including phenoxy) is 3. The summed E-state index contributed by atoms with van der Waals surface area (Å²) >= 11 is 0. The third-order valence-corrected chi connectivity index (χ3v) is 6.62. The highest BCUT2D eigenvalue weighted by Crippen LogP contribution is 2.39. The summed E-state index contributed by atoms with van der Waals surface area (Å²) in [6.07, 6.45) is 2.42. The van der Waals surface area contributed by atoms with Crippen molar-refractivity contribution < 1.29 is 14.2 Å². The van der Waals surface area contributed by atoms with E-state index in [1.54, 1.807) is 18.9 Å². The number of benzene rings is 2. The van der Waals surface area contributed by atoms with Gasteiger partial charge in [0.05, 0.1) is 44.5 Å². The number of aryl methyl sites for hydroxylation is 1. The molecule has 5 rings (SSSR count). The fourth-order valence-electron chi connectivity index (χ4n) is 4.72. The monoisotopic (exact) mass is 500 g/mol.